The minimum atomic E-state index is -3.48. The second-order valence-electron chi connectivity index (χ2n) is 5.06. The number of halogens is 1. The molecule has 1 aliphatic heterocycles. The van der Waals surface area contributed by atoms with Crippen LogP contribution in [0.25, 0.3) is 0 Å². The molecule has 2 atom stereocenters. The zero-order valence-corrected chi connectivity index (χ0v) is 12.5. The summed E-state index contributed by atoms with van der Waals surface area (Å²) in [6.07, 6.45) is 1.83. The Kier molecular flexibility index (Phi) is 4.50. The summed E-state index contributed by atoms with van der Waals surface area (Å²) in [5, 5.41) is 0.432. The summed E-state index contributed by atoms with van der Waals surface area (Å²) < 4.78 is 26.8. The smallest absolute Gasteiger partial charge is 0.243 e. The van der Waals surface area contributed by atoms with Crippen LogP contribution in [0, 0.1) is 5.92 Å². The van der Waals surface area contributed by atoms with E-state index in [0.29, 0.717) is 18.1 Å². The first kappa shape index (κ1) is 14.8. The highest BCUT2D eigenvalue weighted by molar-refractivity contribution is 7.89. The molecule has 2 unspecified atom stereocenters. The van der Waals surface area contributed by atoms with Crippen LogP contribution in [0.2, 0.25) is 5.02 Å². The Morgan fingerprint density at radius 1 is 1.42 bits per heavy atom. The maximum absolute atomic E-state index is 12.6. The summed E-state index contributed by atoms with van der Waals surface area (Å²) in [6, 6.07) is 6.41. The van der Waals surface area contributed by atoms with Gasteiger partial charge in [0, 0.05) is 17.6 Å². The van der Waals surface area contributed by atoms with Crippen LogP contribution in [0.15, 0.2) is 29.2 Å². The Hall–Kier alpha value is -0.620. The topological polar surface area (TPSA) is 63.4 Å². The monoisotopic (exact) mass is 302 g/mol. The van der Waals surface area contributed by atoms with Crippen molar-refractivity contribution >= 4 is 21.6 Å². The first-order valence-electron chi connectivity index (χ1n) is 6.42. The van der Waals surface area contributed by atoms with Gasteiger partial charge < -0.3 is 5.73 Å². The highest BCUT2D eigenvalue weighted by Crippen LogP contribution is 2.28. The van der Waals surface area contributed by atoms with E-state index in [4.69, 9.17) is 17.3 Å². The van der Waals surface area contributed by atoms with Crippen molar-refractivity contribution in [3.8, 4) is 0 Å². The number of benzene rings is 1. The number of nitrogens with two attached hydrogens (primary N) is 1. The van der Waals surface area contributed by atoms with Gasteiger partial charge in [-0.15, -0.1) is 0 Å². The zero-order chi connectivity index (χ0) is 14.0. The Bertz CT molecular complexity index is 547. The summed E-state index contributed by atoms with van der Waals surface area (Å²) in [7, 11) is -3.48. The molecule has 106 valence electrons. The quantitative estimate of drug-likeness (QED) is 0.930. The molecule has 0 saturated carbocycles. The number of nitrogens with zero attached hydrogens (tertiary/aromatic N) is 1. The van der Waals surface area contributed by atoms with Crippen LogP contribution in [0.4, 0.5) is 0 Å². The van der Waals surface area contributed by atoms with Gasteiger partial charge in [0.25, 0.3) is 0 Å². The molecule has 1 fully saturated rings. The van der Waals surface area contributed by atoms with Crippen molar-refractivity contribution in [3.63, 3.8) is 0 Å². The average Bonchev–Trinajstić information content (AvgIpc) is 2.39. The summed E-state index contributed by atoms with van der Waals surface area (Å²) in [5.74, 6) is 0.241. The minimum Gasteiger partial charge on any atom is -0.330 e. The molecule has 1 aromatic rings. The Labute approximate surface area is 119 Å². The van der Waals surface area contributed by atoms with Crippen molar-refractivity contribution in [2.75, 3.05) is 13.1 Å². The molecular weight excluding hydrogens is 284 g/mol. The van der Waals surface area contributed by atoms with Crippen LogP contribution in [-0.2, 0) is 10.0 Å². The number of hydrogen-bond acceptors (Lipinski definition) is 3. The zero-order valence-electron chi connectivity index (χ0n) is 10.9. The van der Waals surface area contributed by atoms with E-state index in [1.807, 2.05) is 6.92 Å². The van der Waals surface area contributed by atoms with Gasteiger partial charge in [0.1, 0.15) is 0 Å². The lowest BCUT2D eigenvalue weighted by molar-refractivity contribution is 0.211. The van der Waals surface area contributed by atoms with E-state index in [9.17, 15) is 8.42 Å². The fraction of sp³-hybridized carbons (Fsp3) is 0.538. The number of rotatable bonds is 3. The highest BCUT2D eigenvalue weighted by atomic mass is 35.5. The number of hydrogen-bond donors (Lipinski definition) is 1. The van der Waals surface area contributed by atoms with Gasteiger partial charge in [0.15, 0.2) is 0 Å². The second-order valence-corrected chi connectivity index (χ2v) is 7.39. The molecule has 0 radical (unpaired) electrons. The molecular formula is C13H19ClN2O2S. The van der Waals surface area contributed by atoms with Gasteiger partial charge in [0.2, 0.25) is 10.0 Å². The van der Waals surface area contributed by atoms with Crippen molar-refractivity contribution in [1.82, 2.24) is 4.31 Å². The molecule has 0 aromatic heterocycles. The van der Waals surface area contributed by atoms with Crippen LogP contribution in [0.5, 0.6) is 0 Å². The predicted molar refractivity (Wildman–Crippen MR) is 76.6 cm³/mol. The first-order chi connectivity index (χ1) is 8.95. The van der Waals surface area contributed by atoms with Crippen LogP contribution < -0.4 is 5.73 Å². The van der Waals surface area contributed by atoms with Crippen LogP contribution in [0.1, 0.15) is 19.8 Å². The maximum Gasteiger partial charge on any atom is 0.243 e. The van der Waals surface area contributed by atoms with Crippen molar-refractivity contribution in [2.24, 2.45) is 11.7 Å². The molecule has 1 aliphatic rings. The molecule has 1 aromatic carbocycles. The van der Waals surface area contributed by atoms with Gasteiger partial charge in [0.05, 0.1) is 4.90 Å². The van der Waals surface area contributed by atoms with Gasteiger partial charge in [-0.2, -0.15) is 4.31 Å². The van der Waals surface area contributed by atoms with E-state index in [-0.39, 0.29) is 16.9 Å². The van der Waals surface area contributed by atoms with Gasteiger partial charge in [-0.1, -0.05) is 17.7 Å². The third kappa shape index (κ3) is 3.11. The van der Waals surface area contributed by atoms with Gasteiger partial charge >= 0.3 is 0 Å². The molecule has 19 heavy (non-hydrogen) atoms. The molecule has 1 heterocycles. The van der Waals surface area contributed by atoms with Crippen LogP contribution in [-0.4, -0.2) is 31.9 Å². The molecule has 0 bridgehead atoms. The molecule has 4 nitrogen and oxygen atoms in total. The van der Waals surface area contributed by atoms with E-state index < -0.39 is 10.0 Å². The van der Waals surface area contributed by atoms with Gasteiger partial charge in [-0.25, -0.2) is 8.42 Å². The summed E-state index contributed by atoms with van der Waals surface area (Å²) in [5.41, 5.74) is 5.67. The fourth-order valence-electron chi connectivity index (χ4n) is 2.44. The third-order valence-electron chi connectivity index (χ3n) is 3.66. The van der Waals surface area contributed by atoms with Gasteiger partial charge in [-0.05, 0) is 50.4 Å². The van der Waals surface area contributed by atoms with Crippen LogP contribution in [0.3, 0.4) is 0 Å². The third-order valence-corrected chi connectivity index (χ3v) is 5.87. The molecule has 2 N–H and O–H groups in total. The number of sulfonamides is 1. The first-order valence-corrected chi connectivity index (χ1v) is 8.24. The molecule has 0 aliphatic carbocycles. The minimum absolute atomic E-state index is 0.00628. The lowest BCUT2D eigenvalue weighted by Gasteiger charge is -2.36. The van der Waals surface area contributed by atoms with Crippen molar-refractivity contribution in [3.05, 3.63) is 29.3 Å². The van der Waals surface area contributed by atoms with E-state index in [2.05, 4.69) is 0 Å². The lowest BCUT2D eigenvalue weighted by Crippen LogP contribution is -2.46. The highest BCUT2D eigenvalue weighted by Gasteiger charge is 2.34. The standard InChI is InChI=1S/C13H19ClN2O2S/c1-10-5-6-11(8-15)9-16(10)19(17,18)13-4-2-3-12(14)7-13/h2-4,7,10-11H,5-6,8-9,15H2,1H3. The van der Waals surface area contributed by atoms with Gasteiger partial charge in [-0.3, -0.25) is 0 Å². The lowest BCUT2D eigenvalue weighted by atomic mass is 9.96. The predicted octanol–water partition coefficient (Wildman–Crippen LogP) is 2.09. The van der Waals surface area contributed by atoms with Crippen LogP contribution >= 0.6 is 11.6 Å². The Morgan fingerprint density at radius 2 is 2.16 bits per heavy atom. The molecule has 0 amide bonds. The van der Waals surface area contributed by atoms with E-state index in [0.717, 1.165) is 12.8 Å². The largest absolute Gasteiger partial charge is 0.330 e. The molecule has 0 spiro atoms. The summed E-state index contributed by atoms with van der Waals surface area (Å²) >= 11 is 5.88. The Morgan fingerprint density at radius 3 is 2.79 bits per heavy atom. The molecule has 2 rings (SSSR count). The van der Waals surface area contributed by atoms with Crippen molar-refractivity contribution in [1.29, 1.82) is 0 Å². The average molecular weight is 303 g/mol. The molecule has 6 heteroatoms. The Balaban J connectivity index is 2.32. The normalized spacial score (nSPS) is 25.4. The summed E-state index contributed by atoms with van der Waals surface area (Å²) in [6.45, 7) is 2.95. The summed E-state index contributed by atoms with van der Waals surface area (Å²) in [4.78, 5) is 0.254. The SMILES string of the molecule is CC1CCC(CN)CN1S(=O)(=O)c1cccc(Cl)c1. The van der Waals surface area contributed by atoms with E-state index >= 15 is 0 Å². The van der Waals surface area contributed by atoms with E-state index in [1.165, 1.54) is 6.07 Å². The van der Waals surface area contributed by atoms with Crippen molar-refractivity contribution < 1.29 is 8.42 Å². The fourth-order valence-corrected chi connectivity index (χ4v) is 4.48. The number of piperidine rings is 1. The molecule has 1 saturated heterocycles. The van der Waals surface area contributed by atoms with E-state index in [1.54, 1.807) is 22.5 Å². The maximum atomic E-state index is 12.6. The van der Waals surface area contributed by atoms with Crippen molar-refractivity contribution in [2.45, 2.75) is 30.7 Å². The second kappa shape index (κ2) is 5.79.